The summed E-state index contributed by atoms with van der Waals surface area (Å²) in [5.41, 5.74) is 2.52. The first-order valence-electron chi connectivity index (χ1n) is 10.7. The van der Waals surface area contributed by atoms with Crippen LogP contribution in [-0.2, 0) is 16.4 Å². The Morgan fingerprint density at radius 3 is 2.50 bits per heavy atom. The zero-order valence-corrected chi connectivity index (χ0v) is 20.6. The molecule has 0 saturated heterocycles. The maximum atomic E-state index is 13.6. The molecule has 0 bridgehead atoms. The number of thiophene rings is 1. The molecule has 1 N–H and O–H groups in total. The number of sulfonamides is 1. The largest absolute Gasteiger partial charge is 0.493 e. The van der Waals surface area contributed by atoms with Crippen molar-refractivity contribution in [3.63, 3.8) is 0 Å². The van der Waals surface area contributed by atoms with E-state index in [1.807, 2.05) is 34.5 Å². The summed E-state index contributed by atoms with van der Waals surface area (Å²) in [5, 5.41) is 1.99. The van der Waals surface area contributed by atoms with Gasteiger partial charge in [-0.1, -0.05) is 12.1 Å². The highest BCUT2D eigenvalue weighted by atomic mass is 32.2. The number of amides is 1. The molecule has 1 atom stereocenters. The molecule has 1 aromatic heterocycles. The van der Waals surface area contributed by atoms with Crippen LogP contribution in [0.1, 0.15) is 32.4 Å². The van der Waals surface area contributed by atoms with Gasteiger partial charge in [0.15, 0.2) is 11.5 Å². The van der Waals surface area contributed by atoms with Crippen molar-refractivity contribution in [3.8, 4) is 11.5 Å². The van der Waals surface area contributed by atoms with Gasteiger partial charge in [-0.2, -0.15) is 0 Å². The van der Waals surface area contributed by atoms with E-state index in [1.165, 1.54) is 18.2 Å². The molecule has 4 rings (SSSR count). The fraction of sp³-hybridized carbons (Fsp3) is 0.240. The first-order chi connectivity index (χ1) is 16.4. The van der Waals surface area contributed by atoms with Crippen molar-refractivity contribution in [1.29, 1.82) is 0 Å². The monoisotopic (exact) mass is 498 g/mol. The van der Waals surface area contributed by atoms with Gasteiger partial charge in [-0.3, -0.25) is 4.79 Å². The van der Waals surface area contributed by atoms with Gasteiger partial charge in [-0.15, -0.1) is 17.9 Å². The Bertz CT molecular complexity index is 1290. The molecule has 34 heavy (non-hydrogen) atoms. The zero-order valence-electron chi connectivity index (χ0n) is 19.0. The smallest absolute Gasteiger partial charge is 0.254 e. The highest BCUT2D eigenvalue weighted by Gasteiger charge is 2.34. The summed E-state index contributed by atoms with van der Waals surface area (Å²) >= 11 is 1.58. The Labute approximate surface area is 203 Å². The number of ether oxygens (including phenoxy) is 2. The fourth-order valence-electron chi connectivity index (χ4n) is 4.11. The van der Waals surface area contributed by atoms with Gasteiger partial charge in [0.1, 0.15) is 0 Å². The maximum absolute atomic E-state index is 13.6. The molecular weight excluding hydrogens is 472 g/mol. The van der Waals surface area contributed by atoms with Crippen LogP contribution in [-0.4, -0.2) is 46.5 Å². The summed E-state index contributed by atoms with van der Waals surface area (Å²) in [6, 6.07) is 13.6. The Balaban J connectivity index is 1.70. The van der Waals surface area contributed by atoms with E-state index >= 15 is 0 Å². The normalized spacial score (nSPS) is 15.5. The summed E-state index contributed by atoms with van der Waals surface area (Å²) in [6.45, 7) is 4.17. The molecule has 1 aliphatic rings. The summed E-state index contributed by atoms with van der Waals surface area (Å²) in [6.07, 6.45) is 2.14. The number of rotatable bonds is 8. The van der Waals surface area contributed by atoms with Crippen molar-refractivity contribution < 1.29 is 22.7 Å². The third-order valence-electron chi connectivity index (χ3n) is 5.78. The van der Waals surface area contributed by atoms with Crippen molar-refractivity contribution in [2.24, 2.45) is 0 Å². The number of carbonyl (C=O) groups excluding carboxylic acids is 1. The number of hydrogen-bond acceptors (Lipinski definition) is 6. The molecule has 1 aliphatic heterocycles. The molecule has 0 spiro atoms. The number of nitrogens with one attached hydrogen (secondary N) is 1. The number of benzene rings is 2. The van der Waals surface area contributed by atoms with Crippen LogP contribution >= 0.6 is 11.3 Å². The van der Waals surface area contributed by atoms with E-state index in [9.17, 15) is 13.2 Å². The average molecular weight is 499 g/mol. The minimum absolute atomic E-state index is 0.0986. The van der Waals surface area contributed by atoms with Crippen LogP contribution in [0.25, 0.3) is 0 Å². The Hall–Kier alpha value is -3.14. The van der Waals surface area contributed by atoms with E-state index in [2.05, 4.69) is 11.3 Å². The number of carbonyl (C=O) groups is 1. The molecule has 1 amide bonds. The Kier molecular flexibility index (Phi) is 7.06. The predicted octanol–water partition coefficient (Wildman–Crippen LogP) is 4.02. The van der Waals surface area contributed by atoms with E-state index in [0.29, 0.717) is 30.0 Å². The quantitative estimate of drug-likeness (QED) is 0.474. The number of fused-ring (bicyclic) bond motifs is 1. The summed E-state index contributed by atoms with van der Waals surface area (Å²) in [7, 11) is -0.460. The molecular formula is C25H26N2O5S2. The second kappa shape index (κ2) is 10.0. The van der Waals surface area contributed by atoms with E-state index in [4.69, 9.17) is 9.47 Å². The predicted molar refractivity (Wildman–Crippen MR) is 132 cm³/mol. The van der Waals surface area contributed by atoms with Crippen LogP contribution in [0, 0.1) is 0 Å². The molecule has 1 unspecified atom stereocenters. The van der Waals surface area contributed by atoms with Gasteiger partial charge in [0.05, 0.1) is 25.2 Å². The lowest BCUT2D eigenvalue weighted by Gasteiger charge is -2.37. The van der Waals surface area contributed by atoms with Crippen molar-refractivity contribution in [2.75, 3.05) is 27.3 Å². The van der Waals surface area contributed by atoms with E-state index in [0.717, 1.165) is 16.0 Å². The van der Waals surface area contributed by atoms with Gasteiger partial charge >= 0.3 is 0 Å². The van der Waals surface area contributed by atoms with Crippen molar-refractivity contribution in [2.45, 2.75) is 17.4 Å². The second-order valence-corrected chi connectivity index (χ2v) is 10.5. The van der Waals surface area contributed by atoms with E-state index < -0.39 is 10.0 Å². The van der Waals surface area contributed by atoms with Crippen molar-refractivity contribution >= 4 is 27.3 Å². The van der Waals surface area contributed by atoms with Gasteiger partial charge < -0.3 is 14.4 Å². The van der Waals surface area contributed by atoms with Crippen LogP contribution in [0.5, 0.6) is 11.5 Å². The zero-order chi connectivity index (χ0) is 24.3. The van der Waals surface area contributed by atoms with Crippen LogP contribution in [0.3, 0.4) is 0 Å². The summed E-state index contributed by atoms with van der Waals surface area (Å²) in [5.74, 6) is 1.10. The molecule has 178 valence electrons. The minimum Gasteiger partial charge on any atom is -0.493 e. The van der Waals surface area contributed by atoms with Gasteiger partial charge in [-0.05, 0) is 65.4 Å². The lowest BCUT2D eigenvalue weighted by Crippen LogP contribution is -2.40. The molecule has 2 heterocycles. The lowest BCUT2D eigenvalue weighted by atomic mass is 9.90. The van der Waals surface area contributed by atoms with E-state index in [1.54, 1.807) is 37.7 Å². The number of methoxy groups -OCH3 is 2. The SMILES string of the molecule is C=CCNS(=O)(=O)c1ccc(C(=O)N2CCc3cc(OC)c(OC)cc3C2c2cccs2)cc1. The molecule has 0 saturated carbocycles. The van der Waals surface area contributed by atoms with Crippen LogP contribution in [0.2, 0.25) is 0 Å². The molecule has 0 aliphatic carbocycles. The molecule has 0 radical (unpaired) electrons. The van der Waals surface area contributed by atoms with Crippen LogP contribution in [0.15, 0.2) is 71.5 Å². The summed E-state index contributed by atoms with van der Waals surface area (Å²) < 4.78 is 38.1. The third kappa shape index (κ3) is 4.59. The minimum atomic E-state index is -3.66. The first kappa shape index (κ1) is 24.0. The Morgan fingerprint density at radius 1 is 1.18 bits per heavy atom. The lowest BCUT2D eigenvalue weighted by molar-refractivity contribution is 0.0696. The Morgan fingerprint density at radius 2 is 1.88 bits per heavy atom. The first-order valence-corrected chi connectivity index (χ1v) is 13.1. The van der Waals surface area contributed by atoms with Gasteiger partial charge in [0.2, 0.25) is 10.0 Å². The maximum Gasteiger partial charge on any atom is 0.254 e. The molecule has 2 aromatic carbocycles. The average Bonchev–Trinajstić information content (AvgIpc) is 3.40. The van der Waals surface area contributed by atoms with E-state index in [-0.39, 0.29) is 23.4 Å². The molecule has 3 aromatic rings. The fourth-order valence-corrected chi connectivity index (χ4v) is 5.97. The van der Waals surface area contributed by atoms with Gasteiger partial charge in [0.25, 0.3) is 5.91 Å². The number of nitrogens with zero attached hydrogens (tertiary/aromatic N) is 1. The molecule has 0 fully saturated rings. The highest BCUT2D eigenvalue weighted by molar-refractivity contribution is 7.89. The molecule has 7 nitrogen and oxygen atoms in total. The molecule has 9 heteroatoms. The number of hydrogen-bond donors (Lipinski definition) is 1. The topological polar surface area (TPSA) is 84.9 Å². The van der Waals surface area contributed by atoms with Crippen LogP contribution < -0.4 is 14.2 Å². The second-order valence-electron chi connectivity index (χ2n) is 7.74. The standard InChI is InChI=1S/C25H26N2O5S2/c1-4-12-26-34(29,30)19-9-7-17(8-10-19)25(28)27-13-11-18-15-21(31-2)22(32-3)16-20(18)24(27)23-6-5-14-33-23/h4-10,14-16,24,26H,1,11-13H2,2-3H3. The van der Waals surface area contributed by atoms with Crippen molar-refractivity contribution in [3.05, 3.63) is 88.1 Å². The third-order valence-corrected chi connectivity index (χ3v) is 8.14. The highest BCUT2D eigenvalue weighted by Crippen LogP contribution is 2.42. The van der Waals surface area contributed by atoms with Gasteiger partial charge in [0, 0.05) is 23.5 Å². The van der Waals surface area contributed by atoms with Crippen LogP contribution in [0.4, 0.5) is 0 Å². The summed E-state index contributed by atoms with van der Waals surface area (Å²) in [4.78, 5) is 16.6. The van der Waals surface area contributed by atoms with Crippen molar-refractivity contribution in [1.82, 2.24) is 9.62 Å². The van der Waals surface area contributed by atoms with Gasteiger partial charge in [-0.25, -0.2) is 13.1 Å².